The van der Waals surface area contributed by atoms with Gasteiger partial charge in [0.15, 0.2) is 0 Å². The van der Waals surface area contributed by atoms with E-state index in [0.29, 0.717) is 0 Å². The summed E-state index contributed by atoms with van der Waals surface area (Å²) in [6.07, 6.45) is 0. The molecule has 0 radical (unpaired) electrons. The lowest BCUT2D eigenvalue weighted by atomic mass is 9.70. The smallest absolute Gasteiger partial charge is 0.0619 e. The molecule has 6 aromatic carbocycles. The maximum absolute atomic E-state index is 2.52. The van der Waals surface area contributed by atoms with E-state index in [1.54, 1.807) is 0 Å². The molecule has 0 atom stereocenters. The van der Waals surface area contributed by atoms with Gasteiger partial charge in [-0.05, 0) is 84.0 Å². The normalized spacial score (nSPS) is 15.7. The zero-order valence-electron chi connectivity index (χ0n) is 22.7. The number of rotatable bonds is 1. The van der Waals surface area contributed by atoms with E-state index in [2.05, 4.69) is 147 Å². The van der Waals surface area contributed by atoms with Crippen molar-refractivity contribution in [3.63, 3.8) is 0 Å². The summed E-state index contributed by atoms with van der Waals surface area (Å²) in [4.78, 5) is 0. The van der Waals surface area contributed by atoms with E-state index < -0.39 is 0 Å². The van der Waals surface area contributed by atoms with Gasteiger partial charge in [0.25, 0.3) is 0 Å². The molecule has 0 heterocycles. The molecule has 0 saturated carbocycles. The van der Waals surface area contributed by atoms with E-state index in [9.17, 15) is 0 Å². The molecule has 0 bridgehead atoms. The molecule has 3 aliphatic rings. The topological polar surface area (TPSA) is 0 Å². The fourth-order valence-corrected chi connectivity index (χ4v) is 8.35. The fraction of sp³-hybridized carbons (Fsp3) is 0.100. The van der Waals surface area contributed by atoms with Crippen LogP contribution in [-0.2, 0) is 10.8 Å². The largest absolute Gasteiger partial charge is 0.0725 e. The van der Waals surface area contributed by atoms with Gasteiger partial charge in [0.2, 0.25) is 0 Å². The highest BCUT2D eigenvalue weighted by molar-refractivity contribution is 5.96. The molecule has 0 saturated heterocycles. The van der Waals surface area contributed by atoms with E-state index >= 15 is 0 Å². The highest BCUT2D eigenvalue weighted by atomic mass is 14.5. The third-order valence-corrected chi connectivity index (χ3v) is 9.89. The summed E-state index contributed by atoms with van der Waals surface area (Å²) >= 11 is 0. The van der Waals surface area contributed by atoms with Gasteiger partial charge in [-0.3, -0.25) is 0 Å². The fourth-order valence-electron chi connectivity index (χ4n) is 8.35. The predicted octanol–water partition coefficient (Wildman–Crippen LogP) is 10.0. The summed E-state index contributed by atoms with van der Waals surface area (Å²) in [6, 6.07) is 50.2. The summed E-state index contributed by atoms with van der Waals surface area (Å²) in [7, 11) is 0. The van der Waals surface area contributed by atoms with E-state index in [1.807, 2.05) is 0 Å². The van der Waals surface area contributed by atoms with Gasteiger partial charge in [-0.25, -0.2) is 0 Å². The molecule has 6 aromatic rings. The lowest BCUT2D eigenvalue weighted by Crippen LogP contribution is -2.25. The van der Waals surface area contributed by atoms with Gasteiger partial charge in [0.05, 0.1) is 5.41 Å². The minimum absolute atomic E-state index is 0.0608. The van der Waals surface area contributed by atoms with Crippen LogP contribution in [0, 0.1) is 0 Å². The van der Waals surface area contributed by atoms with Gasteiger partial charge in [-0.1, -0.05) is 141 Å². The van der Waals surface area contributed by atoms with Gasteiger partial charge in [0.1, 0.15) is 0 Å². The Morgan fingerprint density at radius 1 is 0.350 bits per heavy atom. The Morgan fingerprint density at radius 2 is 0.775 bits per heavy atom. The van der Waals surface area contributed by atoms with Crippen molar-refractivity contribution in [1.29, 1.82) is 0 Å². The SMILES string of the molecule is CC1(C)c2ccccc2-c2cccc(-c3ccc4c(c3)C3(c5ccccc5-c5ccccc53)c3ccccc3-4)c21. The van der Waals surface area contributed by atoms with Gasteiger partial charge in [-0.15, -0.1) is 0 Å². The van der Waals surface area contributed by atoms with Crippen molar-refractivity contribution < 1.29 is 0 Å². The average Bonchev–Trinajstić information content (AvgIpc) is 3.56. The number of fused-ring (bicyclic) bond motifs is 13. The number of hydrogen-bond donors (Lipinski definition) is 0. The van der Waals surface area contributed by atoms with Crippen LogP contribution in [0.25, 0.3) is 44.5 Å². The first-order valence-electron chi connectivity index (χ1n) is 14.3. The van der Waals surface area contributed by atoms with Gasteiger partial charge in [-0.2, -0.15) is 0 Å². The molecule has 3 aliphatic carbocycles. The Bertz CT molecular complexity index is 1970. The zero-order chi connectivity index (χ0) is 26.6. The number of hydrogen-bond acceptors (Lipinski definition) is 0. The Morgan fingerprint density at radius 3 is 1.35 bits per heavy atom. The van der Waals surface area contributed by atoms with Crippen molar-refractivity contribution >= 4 is 0 Å². The van der Waals surface area contributed by atoms with Crippen LogP contribution in [0.15, 0.2) is 133 Å². The van der Waals surface area contributed by atoms with Crippen molar-refractivity contribution in [2.24, 2.45) is 0 Å². The van der Waals surface area contributed by atoms with E-state index in [-0.39, 0.29) is 10.8 Å². The molecule has 0 unspecified atom stereocenters. The molecule has 0 heteroatoms. The highest BCUT2D eigenvalue weighted by Crippen LogP contribution is 2.63. The average molecular weight is 509 g/mol. The molecule has 40 heavy (non-hydrogen) atoms. The first kappa shape index (κ1) is 22.2. The second-order valence-electron chi connectivity index (χ2n) is 12.0. The van der Waals surface area contributed by atoms with Crippen molar-refractivity contribution in [2.75, 3.05) is 0 Å². The first-order chi connectivity index (χ1) is 19.6. The summed E-state index contributed by atoms with van der Waals surface area (Å²) in [6.45, 7) is 4.77. The minimum atomic E-state index is -0.314. The lowest BCUT2D eigenvalue weighted by Gasteiger charge is -2.31. The number of benzene rings is 6. The van der Waals surface area contributed by atoms with Crippen LogP contribution in [-0.4, -0.2) is 0 Å². The minimum Gasteiger partial charge on any atom is -0.0619 e. The first-order valence-corrected chi connectivity index (χ1v) is 14.3. The molecule has 0 aromatic heterocycles. The molecular weight excluding hydrogens is 480 g/mol. The van der Waals surface area contributed by atoms with Crippen molar-refractivity contribution in [1.82, 2.24) is 0 Å². The molecular formula is C40H28. The van der Waals surface area contributed by atoms with Gasteiger partial charge < -0.3 is 0 Å². The van der Waals surface area contributed by atoms with Crippen LogP contribution in [0.5, 0.6) is 0 Å². The summed E-state index contributed by atoms with van der Waals surface area (Å²) in [5.41, 5.74) is 18.8. The van der Waals surface area contributed by atoms with E-state index in [1.165, 1.54) is 77.9 Å². The van der Waals surface area contributed by atoms with Crippen LogP contribution < -0.4 is 0 Å². The molecule has 0 amide bonds. The van der Waals surface area contributed by atoms with Crippen LogP contribution in [0.2, 0.25) is 0 Å². The van der Waals surface area contributed by atoms with Crippen LogP contribution in [0.3, 0.4) is 0 Å². The third-order valence-electron chi connectivity index (χ3n) is 9.89. The Labute approximate surface area is 235 Å². The van der Waals surface area contributed by atoms with Crippen molar-refractivity contribution in [3.05, 3.63) is 167 Å². The van der Waals surface area contributed by atoms with E-state index in [4.69, 9.17) is 0 Å². The molecule has 1 spiro atoms. The van der Waals surface area contributed by atoms with Gasteiger partial charge in [0, 0.05) is 5.41 Å². The summed E-state index contributed by atoms with van der Waals surface area (Å²) in [5.74, 6) is 0. The monoisotopic (exact) mass is 508 g/mol. The summed E-state index contributed by atoms with van der Waals surface area (Å²) in [5, 5.41) is 0. The molecule has 0 aliphatic heterocycles. The Balaban J connectivity index is 1.37. The van der Waals surface area contributed by atoms with Crippen molar-refractivity contribution in [2.45, 2.75) is 24.7 Å². The highest BCUT2D eigenvalue weighted by Gasteiger charge is 2.51. The molecule has 188 valence electrons. The maximum atomic E-state index is 2.52. The zero-order valence-corrected chi connectivity index (χ0v) is 22.7. The molecule has 0 fully saturated rings. The van der Waals surface area contributed by atoms with Gasteiger partial charge >= 0.3 is 0 Å². The van der Waals surface area contributed by atoms with Crippen molar-refractivity contribution in [3.8, 4) is 44.5 Å². The van der Waals surface area contributed by atoms with Crippen LogP contribution >= 0.6 is 0 Å². The second-order valence-corrected chi connectivity index (χ2v) is 12.0. The van der Waals surface area contributed by atoms with E-state index in [0.717, 1.165) is 0 Å². The lowest BCUT2D eigenvalue weighted by molar-refractivity contribution is 0.662. The Hall–Kier alpha value is -4.68. The third kappa shape index (κ3) is 2.49. The standard InChI is InChI=1S/C40H28/c1-39(2)33-18-7-3-15-30(33)32-17-11-16-26(38(32)39)25-22-23-31-29-14-6-10-21-36(29)40(37(31)24-25)34-19-8-4-12-27(34)28-13-5-9-20-35(28)40/h3-24H,1-2H3. The van der Waals surface area contributed by atoms with Crippen LogP contribution in [0.1, 0.15) is 47.2 Å². The summed E-state index contributed by atoms with van der Waals surface area (Å²) < 4.78 is 0. The second kappa shape index (κ2) is 7.49. The quantitative estimate of drug-likeness (QED) is 0.207. The molecule has 0 nitrogen and oxygen atoms in total. The maximum Gasteiger partial charge on any atom is 0.0725 e. The van der Waals surface area contributed by atoms with Crippen LogP contribution in [0.4, 0.5) is 0 Å². The Kier molecular flexibility index (Phi) is 4.15. The predicted molar refractivity (Wildman–Crippen MR) is 166 cm³/mol. The molecule has 9 rings (SSSR count). The molecule has 0 N–H and O–H groups in total.